The number of benzene rings is 1. The van der Waals surface area contributed by atoms with Crippen molar-refractivity contribution in [2.24, 2.45) is 0 Å². The molecule has 0 saturated carbocycles. The van der Waals surface area contributed by atoms with Crippen LogP contribution in [0.4, 0.5) is 23.5 Å². The van der Waals surface area contributed by atoms with Crippen molar-refractivity contribution < 1.29 is 17.6 Å². The van der Waals surface area contributed by atoms with E-state index in [1.807, 2.05) is 0 Å². The minimum Gasteiger partial charge on any atom is -0.368 e. The number of imidazole rings is 1. The quantitative estimate of drug-likeness (QED) is 0.692. The van der Waals surface area contributed by atoms with E-state index >= 15 is 0 Å². The van der Waals surface area contributed by atoms with Crippen LogP contribution in [0.2, 0.25) is 0 Å². The fraction of sp³-hybridized carbons (Fsp3) is 0.267. The molecule has 2 aromatic heterocycles. The number of hydrogen-bond donors (Lipinski definition) is 1. The molecule has 0 saturated heterocycles. The first-order valence-electron chi connectivity index (χ1n) is 7.20. The van der Waals surface area contributed by atoms with Gasteiger partial charge in [-0.05, 0) is 24.6 Å². The zero-order valence-electron chi connectivity index (χ0n) is 12.2. The number of rotatable bonds is 1. The Kier molecular flexibility index (Phi) is 3.03. The lowest BCUT2D eigenvalue weighted by atomic mass is 10.1. The van der Waals surface area contributed by atoms with Gasteiger partial charge >= 0.3 is 6.18 Å². The predicted octanol–water partition coefficient (Wildman–Crippen LogP) is 3.26. The summed E-state index contributed by atoms with van der Waals surface area (Å²) in [5.74, 6) is -0.451. The fourth-order valence-corrected chi connectivity index (χ4v) is 3.11. The molecule has 3 heterocycles. The van der Waals surface area contributed by atoms with Crippen LogP contribution in [0, 0.1) is 5.82 Å². The maximum atomic E-state index is 14.4. The van der Waals surface area contributed by atoms with Gasteiger partial charge in [0.05, 0.1) is 11.2 Å². The third-order valence-electron chi connectivity index (χ3n) is 4.12. The summed E-state index contributed by atoms with van der Waals surface area (Å²) in [6.07, 6.45) is -2.94. The molecule has 2 N–H and O–H groups in total. The Hall–Kier alpha value is -2.71. The van der Waals surface area contributed by atoms with Crippen molar-refractivity contribution in [3.8, 4) is 11.3 Å². The SMILES string of the molecule is Nc1nccc(-c2cc(F)c3nc4n(c3c2)[C@H](C(F)(F)F)CC4)n1. The van der Waals surface area contributed by atoms with Crippen molar-refractivity contribution in [1.29, 1.82) is 0 Å². The van der Waals surface area contributed by atoms with E-state index in [9.17, 15) is 17.6 Å². The lowest BCUT2D eigenvalue weighted by Crippen LogP contribution is -2.23. The number of alkyl halides is 3. The molecule has 1 atom stereocenters. The molecular formula is C15H11F4N5. The van der Waals surface area contributed by atoms with Gasteiger partial charge in [0.15, 0.2) is 5.82 Å². The van der Waals surface area contributed by atoms with E-state index in [1.54, 1.807) is 0 Å². The van der Waals surface area contributed by atoms with E-state index in [0.29, 0.717) is 11.3 Å². The van der Waals surface area contributed by atoms with Crippen molar-refractivity contribution in [2.75, 3.05) is 5.73 Å². The highest BCUT2D eigenvalue weighted by molar-refractivity contribution is 5.83. The number of halogens is 4. The number of fused-ring (bicyclic) bond motifs is 3. The predicted molar refractivity (Wildman–Crippen MR) is 78.5 cm³/mol. The first-order valence-corrected chi connectivity index (χ1v) is 7.20. The largest absolute Gasteiger partial charge is 0.409 e. The van der Waals surface area contributed by atoms with E-state index in [4.69, 9.17) is 5.73 Å². The van der Waals surface area contributed by atoms with Gasteiger partial charge in [-0.25, -0.2) is 19.3 Å². The monoisotopic (exact) mass is 337 g/mol. The number of nitrogens with zero attached hydrogens (tertiary/aromatic N) is 4. The van der Waals surface area contributed by atoms with Crippen molar-refractivity contribution in [1.82, 2.24) is 19.5 Å². The van der Waals surface area contributed by atoms with Gasteiger partial charge < -0.3 is 10.3 Å². The molecule has 9 heteroatoms. The Morgan fingerprint density at radius 1 is 1.21 bits per heavy atom. The summed E-state index contributed by atoms with van der Waals surface area (Å²) >= 11 is 0. The average Bonchev–Trinajstić information content (AvgIpc) is 3.06. The molecule has 0 fully saturated rings. The van der Waals surface area contributed by atoms with Gasteiger partial charge in [-0.15, -0.1) is 0 Å². The molecule has 0 aliphatic carbocycles. The summed E-state index contributed by atoms with van der Waals surface area (Å²) in [6.45, 7) is 0. The Labute approximate surface area is 133 Å². The van der Waals surface area contributed by atoms with E-state index in [-0.39, 0.29) is 35.6 Å². The van der Waals surface area contributed by atoms with Gasteiger partial charge in [0.25, 0.3) is 0 Å². The zero-order valence-corrected chi connectivity index (χ0v) is 12.2. The molecule has 1 aliphatic heterocycles. The van der Waals surface area contributed by atoms with Gasteiger partial charge in [0.2, 0.25) is 5.95 Å². The molecule has 0 unspecified atom stereocenters. The molecule has 5 nitrogen and oxygen atoms in total. The van der Waals surface area contributed by atoms with Crippen LogP contribution in [0.25, 0.3) is 22.3 Å². The molecule has 1 aliphatic rings. The van der Waals surface area contributed by atoms with Crippen molar-refractivity contribution in [3.05, 3.63) is 36.0 Å². The van der Waals surface area contributed by atoms with Gasteiger partial charge in [0, 0.05) is 18.2 Å². The molecular weight excluding hydrogens is 326 g/mol. The number of hydrogen-bond acceptors (Lipinski definition) is 4. The molecule has 124 valence electrons. The van der Waals surface area contributed by atoms with Crippen LogP contribution in [0.3, 0.4) is 0 Å². The smallest absolute Gasteiger partial charge is 0.368 e. The Morgan fingerprint density at radius 3 is 2.71 bits per heavy atom. The van der Waals surface area contributed by atoms with Crippen LogP contribution in [-0.4, -0.2) is 25.7 Å². The van der Waals surface area contributed by atoms with Crippen LogP contribution in [0.5, 0.6) is 0 Å². The fourth-order valence-electron chi connectivity index (χ4n) is 3.11. The number of anilines is 1. The summed E-state index contributed by atoms with van der Waals surface area (Å²) in [5.41, 5.74) is 6.21. The van der Waals surface area contributed by atoms with E-state index in [2.05, 4.69) is 15.0 Å². The third-order valence-corrected chi connectivity index (χ3v) is 4.12. The van der Waals surface area contributed by atoms with Crippen molar-refractivity contribution in [3.63, 3.8) is 0 Å². The van der Waals surface area contributed by atoms with E-state index in [0.717, 1.165) is 4.57 Å². The second-order valence-corrected chi connectivity index (χ2v) is 5.62. The van der Waals surface area contributed by atoms with Crippen LogP contribution in [0.1, 0.15) is 18.3 Å². The number of aryl methyl sites for hydroxylation is 1. The average molecular weight is 337 g/mol. The van der Waals surface area contributed by atoms with Crippen molar-refractivity contribution in [2.45, 2.75) is 25.1 Å². The third kappa shape index (κ3) is 2.19. The maximum Gasteiger partial charge on any atom is 0.409 e. The highest BCUT2D eigenvalue weighted by Gasteiger charge is 2.45. The number of nitrogens with two attached hydrogens (primary N) is 1. The summed E-state index contributed by atoms with van der Waals surface area (Å²) < 4.78 is 55.2. The molecule has 24 heavy (non-hydrogen) atoms. The highest BCUT2D eigenvalue weighted by atomic mass is 19.4. The van der Waals surface area contributed by atoms with Gasteiger partial charge in [-0.1, -0.05) is 0 Å². The molecule has 0 spiro atoms. The molecule has 0 bridgehead atoms. The Bertz CT molecular complexity index is 947. The highest BCUT2D eigenvalue weighted by Crippen LogP contribution is 2.42. The van der Waals surface area contributed by atoms with Gasteiger partial charge in [-0.3, -0.25) is 0 Å². The molecule has 3 aromatic rings. The minimum atomic E-state index is -4.41. The molecule has 1 aromatic carbocycles. The zero-order chi connectivity index (χ0) is 17.1. The van der Waals surface area contributed by atoms with Crippen LogP contribution >= 0.6 is 0 Å². The Morgan fingerprint density at radius 2 is 2.00 bits per heavy atom. The second-order valence-electron chi connectivity index (χ2n) is 5.62. The summed E-state index contributed by atoms with van der Waals surface area (Å²) in [4.78, 5) is 11.8. The second kappa shape index (κ2) is 4.89. The number of aromatic nitrogens is 4. The summed E-state index contributed by atoms with van der Waals surface area (Å²) in [7, 11) is 0. The normalized spacial score (nSPS) is 17.4. The van der Waals surface area contributed by atoms with Crippen LogP contribution in [-0.2, 0) is 6.42 Å². The minimum absolute atomic E-state index is 0.000291. The van der Waals surface area contributed by atoms with Gasteiger partial charge in [0.1, 0.15) is 17.4 Å². The van der Waals surface area contributed by atoms with Crippen molar-refractivity contribution >= 4 is 17.0 Å². The number of nitrogen functional groups attached to an aromatic ring is 1. The lowest BCUT2D eigenvalue weighted by molar-refractivity contribution is -0.164. The van der Waals surface area contributed by atoms with Crippen LogP contribution < -0.4 is 5.73 Å². The molecule has 0 radical (unpaired) electrons. The summed E-state index contributed by atoms with van der Waals surface area (Å²) in [6, 6.07) is 2.47. The van der Waals surface area contributed by atoms with Crippen LogP contribution in [0.15, 0.2) is 24.4 Å². The summed E-state index contributed by atoms with van der Waals surface area (Å²) in [5, 5.41) is 0. The van der Waals surface area contributed by atoms with E-state index in [1.165, 1.54) is 24.4 Å². The van der Waals surface area contributed by atoms with E-state index < -0.39 is 18.0 Å². The standard InChI is InChI=1S/C15H11F4N5/c16-8-5-7(9-3-4-21-14(20)22-9)6-10-13(8)23-12-2-1-11(24(10)12)15(17,18)19/h3-6,11H,1-2H2,(H2,20,21,22)/t11-/m0/s1. The van der Waals surface area contributed by atoms with Gasteiger partial charge in [-0.2, -0.15) is 13.2 Å². The first-order chi connectivity index (χ1) is 11.3. The topological polar surface area (TPSA) is 69.6 Å². The molecule has 0 amide bonds. The Balaban J connectivity index is 1.95. The first kappa shape index (κ1) is 14.9. The maximum absolute atomic E-state index is 14.4. The molecule has 4 rings (SSSR count). The lowest BCUT2D eigenvalue weighted by Gasteiger charge is -2.18.